The quantitative estimate of drug-likeness (QED) is 0.00861. The number of fused-ring (bicyclic) bond motifs is 2. The summed E-state index contributed by atoms with van der Waals surface area (Å²) >= 11 is 15.2. The number of carbonyl (C=O) groups is 9. The van der Waals surface area contributed by atoms with E-state index in [4.69, 9.17) is 37.9 Å². The smallest absolute Gasteiger partial charge is 0.333 e. The third-order valence-corrected chi connectivity index (χ3v) is 15.9. The van der Waals surface area contributed by atoms with E-state index in [9.17, 15) is 33.6 Å². The number of benzene rings is 5. The first kappa shape index (κ1) is 62.9. The summed E-state index contributed by atoms with van der Waals surface area (Å²) in [6, 6.07) is 4.80. The number of methoxy groups -OCH3 is 1. The number of imide groups is 2. The van der Waals surface area contributed by atoms with Crippen LogP contribution < -0.4 is 0 Å². The molecular weight excluding hydrogens is 1320 g/mol. The van der Waals surface area contributed by atoms with Gasteiger partial charge in [0.1, 0.15) is 33.0 Å². The molecule has 0 fully saturated rings. The highest BCUT2D eigenvalue weighted by Gasteiger charge is 2.43. The van der Waals surface area contributed by atoms with Crippen LogP contribution in [0.3, 0.4) is 0 Å². The Morgan fingerprint density at radius 2 is 0.840 bits per heavy atom. The summed E-state index contributed by atoms with van der Waals surface area (Å²) in [5.74, 6) is -6.48. The Hall–Kier alpha value is -5.69. The summed E-state index contributed by atoms with van der Waals surface area (Å²) in [6.07, 6.45) is -1.60. The molecule has 0 aromatic heterocycles. The van der Waals surface area contributed by atoms with E-state index in [2.05, 4.69) is 76.9 Å². The maximum Gasteiger partial charge on any atom is 0.333 e. The molecule has 2 atom stereocenters. The van der Waals surface area contributed by atoms with E-state index in [-0.39, 0.29) is 78.1 Å². The van der Waals surface area contributed by atoms with Gasteiger partial charge in [-0.25, -0.2) is 14.4 Å². The normalized spacial score (nSPS) is 14.0. The first-order valence-corrected chi connectivity index (χ1v) is 29.1. The van der Waals surface area contributed by atoms with E-state index in [1.807, 2.05) is 27.7 Å². The minimum absolute atomic E-state index is 0.0117. The van der Waals surface area contributed by atoms with Crippen molar-refractivity contribution in [3.63, 3.8) is 0 Å². The van der Waals surface area contributed by atoms with E-state index in [1.165, 1.54) is 13.8 Å². The maximum atomic E-state index is 15.0. The fourth-order valence-corrected chi connectivity index (χ4v) is 12.4. The van der Waals surface area contributed by atoms with Gasteiger partial charge in [-0.2, -0.15) is 0 Å². The number of hydrogen-bond donors (Lipinski definition) is 0. The van der Waals surface area contributed by atoms with Crippen molar-refractivity contribution < 1.29 is 81.0 Å². The van der Waals surface area contributed by atoms with Crippen molar-refractivity contribution in [1.82, 2.24) is 9.80 Å². The van der Waals surface area contributed by atoms with Gasteiger partial charge in [0, 0.05) is 101 Å². The Labute approximate surface area is 500 Å². The van der Waals surface area contributed by atoms with Crippen LogP contribution in [0.15, 0.2) is 66.5 Å². The summed E-state index contributed by atoms with van der Waals surface area (Å²) < 4.78 is 44.5. The molecule has 0 bridgehead atoms. The van der Waals surface area contributed by atoms with Gasteiger partial charge in [-0.1, -0.05) is 105 Å². The molecule has 0 aliphatic carbocycles. The van der Waals surface area contributed by atoms with Gasteiger partial charge >= 0.3 is 29.8 Å². The van der Waals surface area contributed by atoms with Gasteiger partial charge in [0.05, 0.1) is 51.4 Å². The number of hydrogen-bond acceptors (Lipinski definition) is 17. The molecule has 0 saturated heterocycles. The average molecular weight is 1380 g/mol. The van der Waals surface area contributed by atoms with Gasteiger partial charge in [-0.05, 0) is 62.8 Å². The van der Waals surface area contributed by atoms with Crippen LogP contribution in [0.4, 0.5) is 0 Å². The molecule has 0 N–H and O–H groups in total. The fraction of sp³-hybridized carbons (Fsp3) is 0.431. The fourth-order valence-electron chi connectivity index (χ4n) is 9.90. The molecule has 5 aromatic rings. The minimum Gasteiger partial charge on any atom is -0.463 e. The molecule has 0 spiro atoms. The van der Waals surface area contributed by atoms with Crippen LogP contribution >= 0.6 is 63.7 Å². The summed E-state index contributed by atoms with van der Waals surface area (Å²) in [6.45, 7) is 16.7. The van der Waals surface area contributed by atoms with Gasteiger partial charge in [0.2, 0.25) is 0 Å². The molecule has 2 aliphatic heterocycles. The Morgan fingerprint density at radius 1 is 0.481 bits per heavy atom. The number of esters is 5. The molecule has 432 valence electrons. The Balaban J connectivity index is 1.17. The number of halogens is 4. The van der Waals surface area contributed by atoms with Crippen molar-refractivity contribution in [3.05, 3.63) is 88.7 Å². The molecule has 19 nitrogen and oxygen atoms in total. The Morgan fingerprint density at radius 3 is 1.21 bits per heavy atom. The second-order valence-electron chi connectivity index (χ2n) is 20.5. The lowest BCUT2D eigenvalue weighted by Crippen LogP contribution is -2.50. The van der Waals surface area contributed by atoms with Crippen LogP contribution in [0.1, 0.15) is 109 Å². The van der Waals surface area contributed by atoms with Gasteiger partial charge in [-0.3, -0.25) is 38.6 Å². The van der Waals surface area contributed by atoms with Crippen molar-refractivity contribution in [1.29, 1.82) is 0 Å². The van der Waals surface area contributed by atoms with Crippen molar-refractivity contribution in [2.24, 2.45) is 11.8 Å². The first-order chi connectivity index (χ1) is 38.4. The zero-order valence-corrected chi connectivity index (χ0v) is 52.0. The highest BCUT2D eigenvalue weighted by atomic mass is 79.9. The summed E-state index contributed by atoms with van der Waals surface area (Å²) in [5.41, 5.74) is 0.999. The van der Waals surface area contributed by atoms with Crippen molar-refractivity contribution in [2.75, 3.05) is 66.6 Å². The third-order valence-electron chi connectivity index (χ3n) is 13.4. The second-order valence-corrected chi connectivity index (χ2v) is 24.0. The molecule has 81 heavy (non-hydrogen) atoms. The molecule has 2 heterocycles. The zero-order valence-electron chi connectivity index (χ0n) is 45.6. The Kier molecular flexibility index (Phi) is 21.1. The monoisotopic (exact) mass is 1370 g/mol. The van der Waals surface area contributed by atoms with Crippen LogP contribution in [-0.2, 0) is 61.9 Å². The predicted octanol–water partition coefficient (Wildman–Crippen LogP) is 10.5. The molecule has 2 aliphatic rings. The lowest BCUT2D eigenvalue weighted by Gasteiger charge is -2.36. The number of ether oxygens (including phenoxy) is 8. The number of nitrogens with zero attached hydrogens (tertiary/aromatic N) is 2. The lowest BCUT2D eigenvalue weighted by atomic mass is 9.81. The standard InChI is InChI=1S/C58H60Br4N2O17/c1-27(2)16-31(22-77-42(65)10-11-43(66)81-33(24-79-57(72)29(5)6)25-80-58(73)30(7)8)63-53(68)34-18-38(59)47-49-40(61)20-36-46-37(21-41(62)50(52(46)49)48-39(60)19-35(54(63)69)45(34)51(47)48)56(71)64(55(36)70)32(17-28(3)4)23-78-44(67)26-76-15-14-75-13-12-74-9/h18-21,27-28,31-33H,5,7,10-17,22-26H2,1-4,6,8-9H3. The largest absolute Gasteiger partial charge is 0.463 e. The number of carbonyl (C=O) groups excluding carboxylic acids is 9. The van der Waals surface area contributed by atoms with Crippen LogP contribution in [0.2, 0.25) is 0 Å². The van der Waals surface area contributed by atoms with Crippen molar-refractivity contribution in [2.45, 2.75) is 85.4 Å². The highest BCUT2D eigenvalue weighted by Crippen LogP contribution is 2.54. The van der Waals surface area contributed by atoms with Crippen LogP contribution in [-0.4, -0.2) is 148 Å². The maximum absolute atomic E-state index is 15.0. The molecule has 23 heteroatoms. The molecule has 7 rings (SSSR count). The number of amides is 4. The summed E-state index contributed by atoms with van der Waals surface area (Å²) in [5, 5.41) is 4.22. The van der Waals surface area contributed by atoms with Crippen LogP contribution in [0.5, 0.6) is 0 Å². The van der Waals surface area contributed by atoms with E-state index < -0.39 is 104 Å². The molecule has 2 unspecified atom stereocenters. The van der Waals surface area contributed by atoms with E-state index in [0.29, 0.717) is 80.6 Å². The van der Waals surface area contributed by atoms with E-state index in [0.717, 1.165) is 9.80 Å². The minimum atomic E-state index is -1.22. The van der Waals surface area contributed by atoms with Gasteiger partial charge in [0.25, 0.3) is 23.6 Å². The first-order valence-electron chi connectivity index (χ1n) is 25.9. The molecule has 0 radical (unpaired) electrons. The summed E-state index contributed by atoms with van der Waals surface area (Å²) in [7, 11) is 1.56. The Bertz CT molecular complexity index is 3250. The van der Waals surface area contributed by atoms with Gasteiger partial charge < -0.3 is 37.9 Å². The topological polar surface area (TPSA) is 234 Å². The summed E-state index contributed by atoms with van der Waals surface area (Å²) in [4.78, 5) is 125. The highest BCUT2D eigenvalue weighted by molar-refractivity contribution is 9.11. The average Bonchev–Trinajstić information content (AvgIpc) is 3.59. The van der Waals surface area contributed by atoms with Gasteiger partial charge in [-0.15, -0.1) is 0 Å². The van der Waals surface area contributed by atoms with Crippen molar-refractivity contribution >= 4 is 160 Å². The lowest BCUT2D eigenvalue weighted by molar-refractivity contribution is -0.165. The molecule has 5 aromatic carbocycles. The third kappa shape index (κ3) is 13.7. The van der Waals surface area contributed by atoms with Crippen molar-refractivity contribution in [3.8, 4) is 0 Å². The van der Waals surface area contributed by atoms with Crippen LogP contribution in [0, 0.1) is 11.8 Å². The number of rotatable bonds is 28. The predicted molar refractivity (Wildman–Crippen MR) is 312 cm³/mol. The molecule has 0 saturated carbocycles. The van der Waals surface area contributed by atoms with Crippen LogP contribution in [0.25, 0.3) is 43.1 Å². The van der Waals surface area contributed by atoms with E-state index >= 15 is 9.59 Å². The molecule has 4 amide bonds. The zero-order chi connectivity index (χ0) is 59.3. The SMILES string of the molecule is C=C(C)C(=O)OCC(COC(=O)C(=C)C)OC(=O)CCC(=O)OCC(CC(C)C)N1C(=O)c2cc(Br)c3c4c(Br)cc5c6c(cc(Br)c(c7c(Br)cc(c2c37)C1=O)c64)C(=O)N(C(COC(=O)COCCOCCOC)CC(C)C)C5=O. The second kappa shape index (κ2) is 27.1. The van der Waals surface area contributed by atoms with E-state index in [1.54, 1.807) is 31.4 Å². The van der Waals surface area contributed by atoms with Gasteiger partial charge in [0.15, 0.2) is 6.10 Å². The molecular formula is C58H60Br4N2O17.